The highest BCUT2D eigenvalue weighted by molar-refractivity contribution is 7.88. The van der Waals surface area contributed by atoms with E-state index in [-0.39, 0.29) is 12.1 Å². The van der Waals surface area contributed by atoms with Crippen LogP contribution in [0.3, 0.4) is 0 Å². The smallest absolute Gasteiger partial charge is 0.322 e. The van der Waals surface area contributed by atoms with E-state index in [0.717, 1.165) is 0 Å². The predicted molar refractivity (Wildman–Crippen MR) is 72.6 cm³/mol. The fourth-order valence-corrected chi connectivity index (χ4v) is 3.34. The molecule has 0 saturated carbocycles. The topological polar surface area (TPSA) is 100 Å². The van der Waals surface area contributed by atoms with Crippen LogP contribution in [0.25, 0.3) is 0 Å². The molecule has 0 unspecified atom stereocenters. The Morgan fingerprint density at radius 1 is 1.45 bits per heavy atom. The SMILES string of the molecule is C[C@H]1CN(C(=O)Nc2ncnn2C)CCN1S(C)(=O)=O. The number of hydrogen-bond donors (Lipinski definition) is 1. The van der Waals surface area contributed by atoms with Gasteiger partial charge in [-0.05, 0) is 6.92 Å². The van der Waals surface area contributed by atoms with Crippen LogP contribution in [0, 0.1) is 0 Å². The molecular formula is C10H18N6O3S. The minimum atomic E-state index is -3.23. The van der Waals surface area contributed by atoms with Crippen molar-refractivity contribution in [1.29, 1.82) is 0 Å². The van der Waals surface area contributed by atoms with Crippen molar-refractivity contribution in [3.8, 4) is 0 Å². The highest BCUT2D eigenvalue weighted by Gasteiger charge is 2.32. The van der Waals surface area contributed by atoms with Gasteiger partial charge in [-0.2, -0.15) is 14.4 Å². The Balaban J connectivity index is 1.99. The number of piperazine rings is 1. The van der Waals surface area contributed by atoms with E-state index in [2.05, 4.69) is 15.4 Å². The summed E-state index contributed by atoms with van der Waals surface area (Å²) in [6.45, 7) is 2.77. The Morgan fingerprint density at radius 2 is 2.15 bits per heavy atom. The third-order valence-corrected chi connectivity index (χ3v) is 4.60. The first kappa shape index (κ1) is 14.7. The number of urea groups is 1. The summed E-state index contributed by atoms with van der Waals surface area (Å²) in [6, 6.07) is -0.551. The molecule has 1 aromatic rings. The van der Waals surface area contributed by atoms with Gasteiger partial charge in [-0.15, -0.1) is 0 Å². The zero-order chi connectivity index (χ0) is 14.9. The normalized spacial score (nSPS) is 20.9. The highest BCUT2D eigenvalue weighted by Crippen LogP contribution is 2.14. The molecule has 1 aromatic heterocycles. The van der Waals surface area contributed by atoms with E-state index in [1.54, 1.807) is 18.9 Å². The summed E-state index contributed by atoms with van der Waals surface area (Å²) in [5, 5.41) is 6.50. The highest BCUT2D eigenvalue weighted by atomic mass is 32.2. The Morgan fingerprint density at radius 3 is 2.65 bits per heavy atom. The van der Waals surface area contributed by atoms with Crippen molar-refractivity contribution < 1.29 is 13.2 Å². The second-order valence-corrected chi connectivity index (χ2v) is 6.74. The van der Waals surface area contributed by atoms with E-state index in [1.165, 1.54) is 21.6 Å². The standard InChI is InChI=1S/C10H18N6O3S/c1-8-6-15(4-5-16(8)20(3,18)19)10(17)13-9-11-7-12-14(9)2/h7-8H,4-6H2,1-3H3,(H,11,12,13,17)/t8-/m0/s1. The number of aryl methyl sites for hydroxylation is 1. The zero-order valence-corrected chi connectivity index (χ0v) is 12.5. The van der Waals surface area contributed by atoms with Gasteiger partial charge in [0.1, 0.15) is 6.33 Å². The molecule has 0 radical (unpaired) electrons. The van der Waals surface area contributed by atoms with Crippen LogP contribution in [-0.2, 0) is 17.1 Å². The monoisotopic (exact) mass is 302 g/mol. The molecule has 1 aliphatic heterocycles. The number of carbonyl (C=O) groups is 1. The molecule has 1 saturated heterocycles. The quantitative estimate of drug-likeness (QED) is 0.779. The molecule has 0 spiro atoms. The van der Waals surface area contributed by atoms with E-state index in [1.807, 2.05) is 0 Å². The number of nitrogens with zero attached hydrogens (tertiary/aromatic N) is 5. The molecule has 10 heteroatoms. The van der Waals surface area contributed by atoms with Crippen LogP contribution < -0.4 is 5.32 Å². The molecule has 20 heavy (non-hydrogen) atoms. The third-order valence-electron chi connectivity index (χ3n) is 3.21. The summed E-state index contributed by atoms with van der Waals surface area (Å²) >= 11 is 0. The lowest BCUT2D eigenvalue weighted by molar-refractivity contribution is 0.157. The molecule has 2 heterocycles. The summed E-state index contributed by atoms with van der Waals surface area (Å²) in [7, 11) is -1.56. The number of sulfonamides is 1. The van der Waals surface area contributed by atoms with E-state index in [4.69, 9.17) is 0 Å². The van der Waals surface area contributed by atoms with Crippen LogP contribution in [0.2, 0.25) is 0 Å². The first-order chi connectivity index (χ1) is 9.29. The van der Waals surface area contributed by atoms with E-state index < -0.39 is 10.0 Å². The second kappa shape index (κ2) is 5.37. The maximum atomic E-state index is 12.1. The van der Waals surface area contributed by atoms with Crippen LogP contribution >= 0.6 is 0 Å². The van der Waals surface area contributed by atoms with Crippen LogP contribution in [0.15, 0.2) is 6.33 Å². The Hall–Kier alpha value is -1.68. The largest absolute Gasteiger partial charge is 0.324 e. The van der Waals surface area contributed by atoms with Gasteiger partial charge in [-0.1, -0.05) is 0 Å². The van der Waals surface area contributed by atoms with E-state index in [0.29, 0.717) is 25.6 Å². The van der Waals surface area contributed by atoms with Crippen molar-refractivity contribution in [3.05, 3.63) is 6.33 Å². The molecule has 1 aliphatic rings. The Bertz CT molecular complexity index is 598. The summed E-state index contributed by atoms with van der Waals surface area (Å²) in [5.41, 5.74) is 0. The summed E-state index contributed by atoms with van der Waals surface area (Å²) in [5.74, 6) is 0.355. The van der Waals surface area contributed by atoms with Gasteiger partial charge in [0.25, 0.3) is 0 Å². The van der Waals surface area contributed by atoms with Crippen molar-refractivity contribution in [2.75, 3.05) is 31.2 Å². The molecule has 2 amide bonds. The molecule has 0 aliphatic carbocycles. The predicted octanol–water partition coefficient (Wildman–Crippen LogP) is -0.687. The van der Waals surface area contributed by atoms with Gasteiger partial charge >= 0.3 is 6.03 Å². The lowest BCUT2D eigenvalue weighted by Gasteiger charge is -2.38. The zero-order valence-electron chi connectivity index (χ0n) is 11.6. The van der Waals surface area contributed by atoms with Crippen molar-refractivity contribution in [2.45, 2.75) is 13.0 Å². The lowest BCUT2D eigenvalue weighted by atomic mass is 10.2. The summed E-state index contributed by atoms with van der Waals surface area (Å²) in [6.07, 6.45) is 2.53. The second-order valence-electron chi connectivity index (χ2n) is 4.81. The summed E-state index contributed by atoms with van der Waals surface area (Å²) < 4.78 is 26.0. The average molecular weight is 302 g/mol. The fraction of sp³-hybridized carbons (Fsp3) is 0.700. The molecule has 0 bridgehead atoms. The molecular weight excluding hydrogens is 284 g/mol. The summed E-state index contributed by atoms with van der Waals surface area (Å²) in [4.78, 5) is 17.6. The van der Waals surface area contributed by atoms with Gasteiger partial charge in [-0.3, -0.25) is 5.32 Å². The molecule has 1 N–H and O–H groups in total. The van der Waals surface area contributed by atoms with Crippen LogP contribution in [0.1, 0.15) is 6.92 Å². The number of nitrogens with one attached hydrogen (secondary N) is 1. The molecule has 2 rings (SSSR count). The number of aromatic nitrogens is 3. The van der Waals surface area contributed by atoms with Crippen LogP contribution in [-0.4, -0.2) is 70.4 Å². The van der Waals surface area contributed by atoms with Gasteiger partial charge in [0.2, 0.25) is 16.0 Å². The van der Waals surface area contributed by atoms with Crippen molar-refractivity contribution >= 4 is 22.0 Å². The van der Waals surface area contributed by atoms with Gasteiger partial charge < -0.3 is 4.90 Å². The molecule has 9 nitrogen and oxygen atoms in total. The van der Waals surface area contributed by atoms with Gasteiger partial charge in [-0.25, -0.2) is 17.9 Å². The number of amides is 2. The van der Waals surface area contributed by atoms with Crippen molar-refractivity contribution in [3.63, 3.8) is 0 Å². The molecule has 0 aromatic carbocycles. The fourth-order valence-electron chi connectivity index (χ4n) is 2.20. The van der Waals surface area contributed by atoms with E-state index >= 15 is 0 Å². The van der Waals surface area contributed by atoms with Crippen molar-refractivity contribution in [2.24, 2.45) is 7.05 Å². The number of carbonyl (C=O) groups excluding carboxylic acids is 1. The minimum Gasteiger partial charge on any atom is -0.322 e. The average Bonchev–Trinajstić information content (AvgIpc) is 2.73. The maximum absolute atomic E-state index is 12.1. The first-order valence-corrected chi connectivity index (χ1v) is 8.00. The first-order valence-electron chi connectivity index (χ1n) is 6.16. The van der Waals surface area contributed by atoms with Gasteiger partial charge in [0.05, 0.1) is 6.26 Å². The van der Waals surface area contributed by atoms with E-state index in [9.17, 15) is 13.2 Å². The lowest BCUT2D eigenvalue weighted by Crippen LogP contribution is -2.56. The number of hydrogen-bond acceptors (Lipinski definition) is 5. The third kappa shape index (κ3) is 3.07. The molecule has 112 valence electrons. The Kier molecular flexibility index (Phi) is 3.95. The number of rotatable bonds is 2. The van der Waals surface area contributed by atoms with Gasteiger partial charge in [0.15, 0.2) is 0 Å². The van der Waals surface area contributed by atoms with Crippen LogP contribution in [0.5, 0.6) is 0 Å². The Labute approximate surface area is 117 Å². The van der Waals surface area contributed by atoms with Crippen LogP contribution in [0.4, 0.5) is 10.7 Å². The minimum absolute atomic E-state index is 0.246. The maximum Gasteiger partial charge on any atom is 0.324 e. The molecule has 1 fully saturated rings. The number of anilines is 1. The molecule has 1 atom stereocenters. The van der Waals surface area contributed by atoms with Gasteiger partial charge in [0, 0.05) is 32.7 Å². The van der Waals surface area contributed by atoms with Crippen molar-refractivity contribution in [1.82, 2.24) is 24.0 Å².